The van der Waals surface area contributed by atoms with Crippen LogP contribution >= 0.6 is 0 Å². The van der Waals surface area contributed by atoms with Gasteiger partial charge < -0.3 is 15.5 Å². The van der Waals surface area contributed by atoms with Gasteiger partial charge in [0.1, 0.15) is 0 Å². The number of likely N-dealkylation sites (tertiary alicyclic amines) is 2. The van der Waals surface area contributed by atoms with Crippen LogP contribution in [0.15, 0.2) is 30.3 Å². The Morgan fingerprint density at radius 1 is 1.16 bits per heavy atom. The van der Waals surface area contributed by atoms with Crippen LogP contribution in [0, 0.1) is 5.41 Å². The predicted octanol–water partition coefficient (Wildman–Crippen LogP) is 2.16. The predicted molar refractivity (Wildman–Crippen MR) is 97.6 cm³/mol. The van der Waals surface area contributed by atoms with Gasteiger partial charge in [-0.3, -0.25) is 9.59 Å². The third-order valence-corrected chi connectivity index (χ3v) is 5.60. The molecule has 0 aromatic heterocycles. The number of carbonyl (C=O) groups excluding carboxylic acids is 2. The Hall–Kier alpha value is -1.88. The molecule has 1 spiro atoms. The molecule has 3 rings (SSSR count). The van der Waals surface area contributed by atoms with Gasteiger partial charge in [0, 0.05) is 37.9 Å². The van der Waals surface area contributed by atoms with Gasteiger partial charge in [-0.05, 0) is 44.3 Å². The van der Waals surface area contributed by atoms with E-state index in [1.165, 1.54) is 18.4 Å². The molecule has 2 saturated heterocycles. The Morgan fingerprint density at radius 2 is 1.96 bits per heavy atom. The average Bonchev–Trinajstić information content (AvgIpc) is 2.59. The molecule has 0 bridgehead atoms. The van der Waals surface area contributed by atoms with Gasteiger partial charge >= 0.3 is 0 Å². The van der Waals surface area contributed by atoms with Gasteiger partial charge in [0.05, 0.1) is 0 Å². The highest BCUT2D eigenvalue weighted by atomic mass is 16.2. The monoisotopic (exact) mass is 343 g/mol. The SMILES string of the molecule is NC(=O)CCCN1CCCC2(CCC(=O)N(Cc3ccccc3)C2)C1. The highest BCUT2D eigenvalue weighted by molar-refractivity contribution is 5.77. The first kappa shape index (κ1) is 17.9. The molecule has 1 aromatic carbocycles. The number of benzene rings is 1. The highest BCUT2D eigenvalue weighted by Crippen LogP contribution is 2.39. The molecule has 2 aliphatic heterocycles. The van der Waals surface area contributed by atoms with Crippen LogP contribution in [0.25, 0.3) is 0 Å². The molecular weight excluding hydrogens is 314 g/mol. The minimum atomic E-state index is -0.218. The molecule has 2 aliphatic rings. The summed E-state index contributed by atoms with van der Waals surface area (Å²) in [7, 11) is 0. The minimum absolute atomic E-state index is 0.216. The maximum Gasteiger partial charge on any atom is 0.222 e. The number of rotatable bonds is 6. The van der Waals surface area contributed by atoms with Gasteiger partial charge in [0.15, 0.2) is 0 Å². The van der Waals surface area contributed by atoms with Crippen LogP contribution < -0.4 is 5.73 Å². The number of nitrogens with two attached hydrogens (primary N) is 1. The van der Waals surface area contributed by atoms with E-state index in [1.54, 1.807) is 0 Å². The second-order valence-electron chi connectivity index (χ2n) is 7.68. The summed E-state index contributed by atoms with van der Waals surface area (Å²) in [4.78, 5) is 27.9. The zero-order chi connectivity index (χ0) is 17.7. The molecular formula is C20H29N3O2. The normalized spacial score (nSPS) is 24.6. The van der Waals surface area contributed by atoms with Crippen molar-refractivity contribution in [2.45, 2.75) is 45.1 Å². The Balaban J connectivity index is 1.60. The van der Waals surface area contributed by atoms with Gasteiger partial charge in [0.2, 0.25) is 11.8 Å². The van der Waals surface area contributed by atoms with Crippen molar-refractivity contribution in [2.75, 3.05) is 26.2 Å². The molecule has 2 fully saturated rings. The Labute approximate surface area is 150 Å². The summed E-state index contributed by atoms with van der Waals surface area (Å²) in [6.45, 7) is 4.62. The summed E-state index contributed by atoms with van der Waals surface area (Å²) < 4.78 is 0. The molecule has 2 N–H and O–H groups in total. The van der Waals surface area contributed by atoms with Gasteiger partial charge in [-0.15, -0.1) is 0 Å². The quantitative estimate of drug-likeness (QED) is 0.861. The molecule has 2 amide bonds. The lowest BCUT2D eigenvalue weighted by Crippen LogP contribution is -2.53. The first-order valence-corrected chi connectivity index (χ1v) is 9.39. The molecule has 136 valence electrons. The molecule has 0 saturated carbocycles. The molecule has 0 radical (unpaired) electrons. The van der Waals surface area contributed by atoms with E-state index in [0.29, 0.717) is 19.4 Å². The summed E-state index contributed by atoms with van der Waals surface area (Å²) in [6, 6.07) is 10.2. The van der Waals surface area contributed by atoms with Crippen LogP contribution in [0.3, 0.4) is 0 Å². The van der Waals surface area contributed by atoms with Crippen LogP contribution in [0.5, 0.6) is 0 Å². The standard InChI is InChI=1S/C20H29N3O2/c21-18(24)8-4-12-22-13-5-10-20(15-22)11-9-19(25)23(16-20)14-17-6-2-1-3-7-17/h1-3,6-7H,4-5,8-16H2,(H2,21,24). The minimum Gasteiger partial charge on any atom is -0.370 e. The van der Waals surface area contributed by atoms with E-state index in [2.05, 4.69) is 17.0 Å². The van der Waals surface area contributed by atoms with E-state index >= 15 is 0 Å². The fourth-order valence-corrected chi connectivity index (χ4v) is 4.36. The van der Waals surface area contributed by atoms with Crippen LogP contribution in [-0.2, 0) is 16.1 Å². The number of nitrogens with zero attached hydrogens (tertiary/aromatic N) is 2. The van der Waals surface area contributed by atoms with Crippen LogP contribution in [0.4, 0.5) is 0 Å². The molecule has 25 heavy (non-hydrogen) atoms. The number of hydrogen-bond donors (Lipinski definition) is 1. The number of piperidine rings is 2. The topological polar surface area (TPSA) is 66.6 Å². The van der Waals surface area contributed by atoms with Gasteiger partial charge in [-0.2, -0.15) is 0 Å². The fraction of sp³-hybridized carbons (Fsp3) is 0.600. The summed E-state index contributed by atoms with van der Waals surface area (Å²) in [6.07, 6.45) is 5.30. The maximum absolute atomic E-state index is 12.4. The third-order valence-electron chi connectivity index (χ3n) is 5.60. The van der Waals surface area contributed by atoms with E-state index < -0.39 is 0 Å². The zero-order valence-electron chi connectivity index (χ0n) is 15.0. The molecule has 5 heteroatoms. The van der Waals surface area contributed by atoms with Crippen LogP contribution in [0.2, 0.25) is 0 Å². The Morgan fingerprint density at radius 3 is 2.72 bits per heavy atom. The molecule has 5 nitrogen and oxygen atoms in total. The molecule has 1 atom stereocenters. The van der Waals surface area contributed by atoms with Gasteiger partial charge in [-0.1, -0.05) is 30.3 Å². The van der Waals surface area contributed by atoms with Gasteiger partial charge in [0.25, 0.3) is 0 Å². The number of hydrogen-bond acceptors (Lipinski definition) is 3. The highest BCUT2D eigenvalue weighted by Gasteiger charge is 2.41. The van der Waals surface area contributed by atoms with Crippen molar-refractivity contribution in [1.82, 2.24) is 9.80 Å². The lowest BCUT2D eigenvalue weighted by molar-refractivity contribution is -0.140. The fourth-order valence-electron chi connectivity index (χ4n) is 4.36. The van der Waals surface area contributed by atoms with Crippen LogP contribution in [-0.4, -0.2) is 47.8 Å². The summed E-state index contributed by atoms with van der Waals surface area (Å²) >= 11 is 0. The van der Waals surface area contributed by atoms with E-state index in [4.69, 9.17) is 5.73 Å². The Kier molecular flexibility index (Phi) is 5.74. The second-order valence-corrected chi connectivity index (χ2v) is 7.68. The zero-order valence-corrected chi connectivity index (χ0v) is 15.0. The van der Waals surface area contributed by atoms with Gasteiger partial charge in [-0.25, -0.2) is 0 Å². The first-order valence-electron chi connectivity index (χ1n) is 9.39. The lowest BCUT2D eigenvalue weighted by atomic mass is 9.73. The largest absolute Gasteiger partial charge is 0.370 e. The van der Waals surface area contributed by atoms with E-state index in [9.17, 15) is 9.59 Å². The van der Waals surface area contributed by atoms with E-state index in [1.807, 2.05) is 23.1 Å². The second kappa shape index (κ2) is 8.00. The van der Waals surface area contributed by atoms with Crippen molar-refractivity contribution < 1.29 is 9.59 Å². The average molecular weight is 343 g/mol. The van der Waals surface area contributed by atoms with Crippen molar-refractivity contribution in [2.24, 2.45) is 11.1 Å². The van der Waals surface area contributed by atoms with Crippen molar-refractivity contribution in [1.29, 1.82) is 0 Å². The summed E-state index contributed by atoms with van der Waals surface area (Å²) in [5.74, 6) is 0.0596. The number of primary amides is 1. The van der Waals surface area contributed by atoms with Crippen LogP contribution in [0.1, 0.15) is 44.1 Å². The number of amides is 2. The third kappa shape index (κ3) is 4.82. The van der Waals surface area contributed by atoms with Crippen molar-refractivity contribution in [3.8, 4) is 0 Å². The molecule has 2 heterocycles. The summed E-state index contributed by atoms with van der Waals surface area (Å²) in [5.41, 5.74) is 6.66. The first-order chi connectivity index (χ1) is 12.1. The molecule has 0 aliphatic carbocycles. The lowest BCUT2D eigenvalue weighted by Gasteiger charge is -2.48. The van der Waals surface area contributed by atoms with Crippen molar-refractivity contribution in [3.63, 3.8) is 0 Å². The van der Waals surface area contributed by atoms with Crippen molar-refractivity contribution >= 4 is 11.8 Å². The summed E-state index contributed by atoms with van der Waals surface area (Å²) in [5, 5.41) is 0. The molecule has 1 unspecified atom stereocenters. The smallest absolute Gasteiger partial charge is 0.222 e. The van der Waals surface area contributed by atoms with E-state index in [0.717, 1.165) is 39.0 Å². The molecule has 1 aromatic rings. The van der Waals surface area contributed by atoms with Crippen molar-refractivity contribution in [3.05, 3.63) is 35.9 Å². The maximum atomic E-state index is 12.4. The Bertz CT molecular complexity index is 604. The number of carbonyl (C=O) groups is 2. The van der Waals surface area contributed by atoms with E-state index in [-0.39, 0.29) is 17.2 Å².